The number of carbonyl (C=O) groups excluding carboxylic acids is 2. The van der Waals surface area contributed by atoms with E-state index in [1.807, 2.05) is 0 Å². The van der Waals surface area contributed by atoms with Crippen molar-refractivity contribution >= 4 is 34.9 Å². The number of carbonyl (C=O) groups is 2. The van der Waals surface area contributed by atoms with Gasteiger partial charge in [0.25, 0.3) is 5.91 Å². The first-order valence-corrected chi connectivity index (χ1v) is 7.34. The summed E-state index contributed by atoms with van der Waals surface area (Å²) in [6.07, 6.45) is 0. The number of nitrogens with one attached hydrogen (secondary N) is 2. The Kier molecular flexibility index (Phi) is 4.16. The molecule has 1 aliphatic rings. The fourth-order valence-electron chi connectivity index (χ4n) is 2.30. The predicted octanol–water partition coefficient (Wildman–Crippen LogP) is 3.26. The van der Waals surface area contributed by atoms with Crippen LogP contribution in [0.25, 0.3) is 0 Å². The van der Waals surface area contributed by atoms with Crippen LogP contribution in [0.3, 0.4) is 0 Å². The van der Waals surface area contributed by atoms with Gasteiger partial charge in [0.15, 0.2) is 0 Å². The molecule has 0 bridgehead atoms. The highest BCUT2D eigenvalue weighted by Crippen LogP contribution is 2.21. The van der Waals surface area contributed by atoms with Gasteiger partial charge in [-0.05, 0) is 42.5 Å². The van der Waals surface area contributed by atoms with Crippen LogP contribution >= 0.6 is 11.6 Å². The van der Waals surface area contributed by atoms with Crippen LogP contribution in [0, 0.1) is 5.82 Å². The predicted molar refractivity (Wildman–Crippen MR) is 86.5 cm³/mol. The number of halogens is 2. The van der Waals surface area contributed by atoms with E-state index in [9.17, 15) is 14.0 Å². The fourth-order valence-corrected chi connectivity index (χ4v) is 2.45. The maximum atomic E-state index is 13.7. The van der Waals surface area contributed by atoms with Crippen molar-refractivity contribution in [1.82, 2.24) is 5.32 Å². The van der Waals surface area contributed by atoms with Gasteiger partial charge >= 0.3 is 6.03 Å². The molecule has 1 aliphatic heterocycles. The molecule has 0 radical (unpaired) electrons. The number of anilines is 2. The maximum Gasteiger partial charge on any atom is 0.321 e. The molecule has 23 heavy (non-hydrogen) atoms. The molecule has 1 fully saturated rings. The minimum absolute atomic E-state index is 0.0578. The summed E-state index contributed by atoms with van der Waals surface area (Å²) in [5, 5.41) is 5.45. The summed E-state index contributed by atoms with van der Waals surface area (Å²) in [4.78, 5) is 25.3. The molecule has 2 N–H and O–H groups in total. The largest absolute Gasteiger partial charge is 0.336 e. The molecule has 118 valence electrons. The highest BCUT2D eigenvalue weighted by Gasteiger charge is 2.21. The Labute approximate surface area is 137 Å². The Hall–Kier alpha value is -2.60. The summed E-state index contributed by atoms with van der Waals surface area (Å²) >= 11 is 5.67. The molecule has 3 amide bonds. The van der Waals surface area contributed by atoms with Gasteiger partial charge in [-0.1, -0.05) is 11.6 Å². The minimum Gasteiger partial charge on any atom is -0.336 e. The Morgan fingerprint density at radius 1 is 1.22 bits per heavy atom. The summed E-state index contributed by atoms with van der Waals surface area (Å²) in [5.41, 5.74) is 1.12. The third-order valence-corrected chi connectivity index (χ3v) is 3.71. The average Bonchev–Trinajstić information content (AvgIpc) is 2.96. The number of amides is 3. The SMILES string of the molecule is O=C(Nc1ccc(Cl)cc1F)c1ccc(N2CCNC2=O)cc1. The van der Waals surface area contributed by atoms with Crippen molar-refractivity contribution in [2.24, 2.45) is 0 Å². The molecule has 0 spiro atoms. The standard InChI is InChI=1S/C16H13ClFN3O2/c17-11-3-6-14(13(18)9-11)20-15(22)10-1-4-12(5-2-10)21-8-7-19-16(21)23/h1-6,9H,7-8H2,(H,19,23)(H,20,22). The lowest BCUT2D eigenvalue weighted by atomic mass is 10.1. The van der Waals surface area contributed by atoms with Gasteiger partial charge in [-0.25, -0.2) is 9.18 Å². The van der Waals surface area contributed by atoms with E-state index in [4.69, 9.17) is 11.6 Å². The van der Waals surface area contributed by atoms with E-state index in [0.29, 0.717) is 24.3 Å². The lowest BCUT2D eigenvalue weighted by molar-refractivity contribution is 0.102. The Bertz CT molecular complexity index is 764. The average molecular weight is 334 g/mol. The molecule has 5 nitrogen and oxygen atoms in total. The monoisotopic (exact) mass is 333 g/mol. The molecule has 1 saturated heterocycles. The Balaban J connectivity index is 1.74. The quantitative estimate of drug-likeness (QED) is 0.905. The second-order valence-electron chi connectivity index (χ2n) is 5.01. The number of rotatable bonds is 3. The lowest BCUT2D eigenvalue weighted by Crippen LogP contribution is -2.27. The van der Waals surface area contributed by atoms with Crippen molar-refractivity contribution in [3.05, 3.63) is 58.9 Å². The normalized spacial score (nSPS) is 13.8. The highest BCUT2D eigenvalue weighted by molar-refractivity contribution is 6.30. The zero-order valence-electron chi connectivity index (χ0n) is 12.0. The smallest absolute Gasteiger partial charge is 0.321 e. The van der Waals surface area contributed by atoms with Crippen molar-refractivity contribution in [3.8, 4) is 0 Å². The van der Waals surface area contributed by atoms with Gasteiger partial charge in [0.1, 0.15) is 5.82 Å². The van der Waals surface area contributed by atoms with Gasteiger partial charge < -0.3 is 10.6 Å². The summed E-state index contributed by atoms with van der Waals surface area (Å²) in [6.45, 7) is 1.18. The van der Waals surface area contributed by atoms with Crippen molar-refractivity contribution in [3.63, 3.8) is 0 Å². The first-order valence-electron chi connectivity index (χ1n) is 6.96. The molecular formula is C16H13ClFN3O2. The van der Waals surface area contributed by atoms with E-state index in [1.54, 1.807) is 29.2 Å². The molecule has 2 aromatic carbocycles. The van der Waals surface area contributed by atoms with E-state index < -0.39 is 11.7 Å². The first kappa shape index (κ1) is 15.3. The van der Waals surface area contributed by atoms with Crippen LogP contribution < -0.4 is 15.5 Å². The van der Waals surface area contributed by atoms with Crippen LogP contribution in [0.1, 0.15) is 10.4 Å². The molecular weight excluding hydrogens is 321 g/mol. The van der Waals surface area contributed by atoms with Crippen molar-refractivity contribution in [2.45, 2.75) is 0 Å². The van der Waals surface area contributed by atoms with Crippen LogP contribution in [0.2, 0.25) is 5.02 Å². The molecule has 0 aliphatic carbocycles. The summed E-state index contributed by atoms with van der Waals surface area (Å²) in [5.74, 6) is -1.04. The molecule has 2 aromatic rings. The summed E-state index contributed by atoms with van der Waals surface area (Å²) in [6, 6.07) is 10.4. The van der Waals surface area contributed by atoms with Gasteiger partial charge in [-0.3, -0.25) is 9.69 Å². The number of urea groups is 1. The molecule has 0 aromatic heterocycles. The number of nitrogens with zero attached hydrogens (tertiary/aromatic N) is 1. The zero-order valence-corrected chi connectivity index (χ0v) is 12.7. The number of hydrogen-bond donors (Lipinski definition) is 2. The third kappa shape index (κ3) is 3.27. The molecule has 0 saturated carbocycles. The molecule has 7 heteroatoms. The van der Waals surface area contributed by atoms with Crippen molar-refractivity contribution in [2.75, 3.05) is 23.3 Å². The molecule has 1 heterocycles. The summed E-state index contributed by atoms with van der Waals surface area (Å²) < 4.78 is 13.7. The minimum atomic E-state index is -0.601. The lowest BCUT2D eigenvalue weighted by Gasteiger charge is -2.14. The van der Waals surface area contributed by atoms with Crippen LogP contribution in [-0.2, 0) is 0 Å². The van der Waals surface area contributed by atoms with Crippen LogP contribution in [0.15, 0.2) is 42.5 Å². The Morgan fingerprint density at radius 3 is 2.57 bits per heavy atom. The van der Waals surface area contributed by atoms with E-state index in [0.717, 1.165) is 6.07 Å². The van der Waals surface area contributed by atoms with E-state index in [2.05, 4.69) is 10.6 Å². The van der Waals surface area contributed by atoms with Gasteiger partial charge in [0.2, 0.25) is 0 Å². The third-order valence-electron chi connectivity index (χ3n) is 3.48. The van der Waals surface area contributed by atoms with E-state index in [1.165, 1.54) is 12.1 Å². The van der Waals surface area contributed by atoms with Crippen molar-refractivity contribution < 1.29 is 14.0 Å². The van der Waals surface area contributed by atoms with Gasteiger partial charge in [-0.2, -0.15) is 0 Å². The molecule has 0 unspecified atom stereocenters. The Morgan fingerprint density at radius 2 is 1.96 bits per heavy atom. The second-order valence-corrected chi connectivity index (χ2v) is 5.45. The van der Waals surface area contributed by atoms with Crippen LogP contribution in [0.5, 0.6) is 0 Å². The van der Waals surface area contributed by atoms with Gasteiger partial charge in [-0.15, -0.1) is 0 Å². The fraction of sp³-hybridized carbons (Fsp3) is 0.125. The molecule has 0 atom stereocenters. The second kappa shape index (κ2) is 6.26. The van der Waals surface area contributed by atoms with Gasteiger partial charge in [0, 0.05) is 29.4 Å². The topological polar surface area (TPSA) is 61.4 Å². The maximum absolute atomic E-state index is 13.7. The van der Waals surface area contributed by atoms with Crippen molar-refractivity contribution in [1.29, 1.82) is 0 Å². The summed E-state index contributed by atoms with van der Waals surface area (Å²) in [7, 11) is 0. The molecule has 3 rings (SSSR count). The van der Waals surface area contributed by atoms with E-state index >= 15 is 0 Å². The number of benzene rings is 2. The van der Waals surface area contributed by atoms with E-state index in [-0.39, 0.29) is 16.7 Å². The first-order chi connectivity index (χ1) is 11.0. The highest BCUT2D eigenvalue weighted by atomic mass is 35.5. The van der Waals surface area contributed by atoms with Gasteiger partial charge in [0.05, 0.1) is 5.69 Å². The zero-order chi connectivity index (χ0) is 16.4. The number of hydrogen-bond acceptors (Lipinski definition) is 2. The van der Waals surface area contributed by atoms with Crippen LogP contribution in [0.4, 0.5) is 20.6 Å². The van der Waals surface area contributed by atoms with Crippen LogP contribution in [-0.4, -0.2) is 25.0 Å².